The molecule has 0 bridgehead atoms. The molecule has 11 heteroatoms. The van der Waals surface area contributed by atoms with Crippen molar-refractivity contribution < 1.29 is 29.1 Å². The van der Waals surface area contributed by atoms with Gasteiger partial charge in [0.2, 0.25) is 17.7 Å². The van der Waals surface area contributed by atoms with Gasteiger partial charge in [0.25, 0.3) is 11.8 Å². The van der Waals surface area contributed by atoms with Crippen LogP contribution in [0.2, 0.25) is 0 Å². The molecule has 5 amide bonds. The van der Waals surface area contributed by atoms with Crippen molar-refractivity contribution in [3.05, 3.63) is 129 Å². The third kappa shape index (κ3) is 5.79. The van der Waals surface area contributed by atoms with Crippen molar-refractivity contribution in [1.29, 1.82) is 0 Å². The number of hydrogen-bond donors (Lipinski definition) is 2. The maximum absolute atomic E-state index is 13.5. The van der Waals surface area contributed by atoms with Gasteiger partial charge in [0.15, 0.2) is 0 Å². The van der Waals surface area contributed by atoms with Crippen molar-refractivity contribution in [3.8, 4) is 5.75 Å². The summed E-state index contributed by atoms with van der Waals surface area (Å²) in [7, 11) is 0. The Morgan fingerprint density at radius 2 is 1.48 bits per heavy atom. The largest absolute Gasteiger partial charge is 0.508 e. The lowest BCUT2D eigenvalue weighted by molar-refractivity contribution is -0.143. The van der Waals surface area contributed by atoms with Crippen molar-refractivity contribution in [2.24, 2.45) is 5.41 Å². The van der Waals surface area contributed by atoms with E-state index in [1.807, 2.05) is 17.0 Å². The SMILES string of the molecule is O=C1CCC(N2C(=O)c3cc4c(cc3C2=O)CN(CC(=O)N2CC3(CCN(c5ccc(C6c7ccc(O)cc7CCC6c6ccccc6)cc5)C3)C2)C4)C(=O)N1. The summed E-state index contributed by atoms with van der Waals surface area (Å²) in [5.74, 6) is -1.09. The van der Waals surface area contributed by atoms with Gasteiger partial charge in [-0.25, -0.2) is 0 Å². The van der Waals surface area contributed by atoms with Gasteiger partial charge in [-0.15, -0.1) is 0 Å². The normalized spacial score (nSPS) is 23.9. The first kappa shape index (κ1) is 34.7. The number of likely N-dealkylation sites (tertiary alicyclic amines) is 1. The number of fused-ring (bicyclic) bond motifs is 3. The van der Waals surface area contributed by atoms with Gasteiger partial charge in [0.1, 0.15) is 11.8 Å². The molecule has 2 N–H and O–H groups in total. The molecule has 3 unspecified atom stereocenters. The number of nitrogens with zero attached hydrogens (tertiary/aromatic N) is 4. The fraction of sp³-hybridized carbons (Fsp3) is 0.356. The Kier molecular flexibility index (Phi) is 8.14. The van der Waals surface area contributed by atoms with Crippen LogP contribution in [0.5, 0.6) is 5.75 Å². The Morgan fingerprint density at radius 3 is 2.18 bits per heavy atom. The molecule has 1 aliphatic carbocycles. The van der Waals surface area contributed by atoms with Gasteiger partial charge in [-0.3, -0.25) is 39.1 Å². The molecule has 3 saturated heterocycles. The molecule has 6 aliphatic rings. The molecule has 0 saturated carbocycles. The molecule has 0 aromatic heterocycles. The lowest BCUT2D eigenvalue weighted by Crippen LogP contribution is -2.60. The fourth-order valence-corrected chi connectivity index (χ4v) is 10.4. The van der Waals surface area contributed by atoms with Gasteiger partial charge in [-0.05, 0) is 101 Å². The number of rotatable bonds is 6. The molecule has 3 fully saturated rings. The van der Waals surface area contributed by atoms with Crippen LogP contribution < -0.4 is 10.2 Å². The van der Waals surface area contributed by atoms with Crippen molar-refractivity contribution in [2.75, 3.05) is 37.6 Å². The number of aryl methyl sites for hydroxylation is 1. The topological polar surface area (TPSA) is 131 Å². The number of hydrogen-bond acceptors (Lipinski definition) is 8. The Labute approximate surface area is 324 Å². The highest BCUT2D eigenvalue weighted by molar-refractivity contribution is 6.23. The molecule has 1 spiro atoms. The van der Waals surface area contributed by atoms with Gasteiger partial charge >= 0.3 is 0 Å². The summed E-state index contributed by atoms with van der Waals surface area (Å²) in [6, 6.07) is 28.2. The Balaban J connectivity index is 0.761. The molecule has 56 heavy (non-hydrogen) atoms. The molecule has 5 aliphatic heterocycles. The van der Waals surface area contributed by atoms with Crippen LogP contribution in [0.4, 0.5) is 5.69 Å². The van der Waals surface area contributed by atoms with Crippen LogP contribution in [-0.4, -0.2) is 88.1 Å². The number of phenolic OH excluding ortho intramolecular Hbond substituents is 1. The summed E-state index contributed by atoms with van der Waals surface area (Å²) in [6.07, 6.45) is 3.20. The molecule has 5 heterocycles. The van der Waals surface area contributed by atoms with Gasteiger partial charge in [-0.1, -0.05) is 48.5 Å². The highest BCUT2D eigenvalue weighted by Crippen LogP contribution is 2.48. The summed E-state index contributed by atoms with van der Waals surface area (Å²) >= 11 is 0. The molecular weight excluding hydrogens is 707 g/mol. The van der Waals surface area contributed by atoms with Crippen molar-refractivity contribution >= 4 is 35.2 Å². The van der Waals surface area contributed by atoms with E-state index in [-0.39, 0.29) is 47.8 Å². The maximum atomic E-state index is 13.5. The zero-order valence-electron chi connectivity index (χ0n) is 31.1. The fourth-order valence-electron chi connectivity index (χ4n) is 10.4. The van der Waals surface area contributed by atoms with E-state index < -0.39 is 29.7 Å². The van der Waals surface area contributed by atoms with E-state index in [2.05, 4.69) is 75.8 Å². The van der Waals surface area contributed by atoms with Gasteiger partial charge in [0, 0.05) is 62.7 Å². The minimum absolute atomic E-state index is 0.0779. The summed E-state index contributed by atoms with van der Waals surface area (Å²) in [6.45, 7) is 4.59. The second-order valence-electron chi connectivity index (χ2n) is 16.7. The quantitative estimate of drug-likeness (QED) is 0.272. The Hall–Kier alpha value is -5.81. The van der Waals surface area contributed by atoms with E-state index in [1.165, 1.54) is 27.9 Å². The predicted octanol–water partition coefficient (Wildman–Crippen LogP) is 4.71. The lowest BCUT2D eigenvalue weighted by Gasteiger charge is -2.48. The third-order valence-electron chi connectivity index (χ3n) is 13.2. The number of benzene rings is 4. The number of anilines is 1. The Bertz CT molecular complexity index is 2270. The van der Waals surface area contributed by atoms with E-state index >= 15 is 0 Å². The van der Waals surface area contributed by atoms with Crippen LogP contribution in [0.15, 0.2) is 84.9 Å². The summed E-state index contributed by atoms with van der Waals surface area (Å²) in [5, 5.41) is 12.5. The van der Waals surface area contributed by atoms with E-state index in [1.54, 1.807) is 12.1 Å². The first-order valence-corrected chi connectivity index (χ1v) is 19.7. The third-order valence-corrected chi connectivity index (χ3v) is 13.2. The predicted molar refractivity (Wildman–Crippen MR) is 207 cm³/mol. The number of carbonyl (C=O) groups is 5. The number of piperidine rings is 1. The molecular formula is C45H43N5O6. The molecule has 284 valence electrons. The van der Waals surface area contributed by atoms with Gasteiger partial charge < -0.3 is 14.9 Å². The number of phenols is 1. The summed E-state index contributed by atoms with van der Waals surface area (Å²) in [5.41, 5.74) is 8.78. The standard InChI is InChI=1S/C45H43N5O6/c51-33-11-13-35-29(18-33)8-12-34(27-4-2-1-3-5-27)41(35)28-6-9-32(10-7-28)48-17-16-45(24-48)25-49(26-45)40(53)23-47-21-30-19-36-37(20-31(30)22-47)44(56)50(43(36)55)38-14-15-39(52)46-42(38)54/h1-7,9-11,13,18-20,34,38,41,51H,8,12,14-17,21-26H2,(H,46,52,54). The number of imide groups is 2. The van der Waals surface area contributed by atoms with Crippen molar-refractivity contribution in [3.63, 3.8) is 0 Å². The molecule has 0 radical (unpaired) electrons. The number of nitrogens with one attached hydrogen (secondary N) is 1. The monoisotopic (exact) mass is 749 g/mol. The molecule has 10 rings (SSSR count). The second kappa shape index (κ2) is 13.2. The first-order chi connectivity index (χ1) is 27.1. The summed E-state index contributed by atoms with van der Waals surface area (Å²) < 4.78 is 0. The lowest BCUT2D eigenvalue weighted by atomic mass is 9.69. The smallest absolute Gasteiger partial charge is 0.262 e. The van der Waals surface area contributed by atoms with Crippen molar-refractivity contribution in [1.82, 2.24) is 20.0 Å². The number of amides is 5. The molecule has 11 nitrogen and oxygen atoms in total. The minimum atomic E-state index is -0.993. The Morgan fingerprint density at radius 1 is 0.768 bits per heavy atom. The van der Waals surface area contributed by atoms with Crippen LogP contribution in [0.25, 0.3) is 0 Å². The first-order valence-electron chi connectivity index (χ1n) is 19.7. The number of aromatic hydroxyl groups is 1. The second-order valence-corrected chi connectivity index (χ2v) is 16.7. The highest BCUT2D eigenvalue weighted by Gasteiger charge is 2.50. The van der Waals surface area contributed by atoms with Gasteiger partial charge in [0.05, 0.1) is 17.7 Å². The average molecular weight is 750 g/mol. The van der Waals surface area contributed by atoms with E-state index in [0.717, 1.165) is 61.5 Å². The number of carbonyl (C=O) groups excluding carboxylic acids is 5. The zero-order valence-corrected chi connectivity index (χ0v) is 31.1. The van der Waals surface area contributed by atoms with Crippen molar-refractivity contribution in [2.45, 2.75) is 63.1 Å². The molecule has 4 aromatic carbocycles. The van der Waals surface area contributed by atoms with Crippen LogP contribution in [0, 0.1) is 5.41 Å². The van der Waals surface area contributed by atoms with E-state index in [9.17, 15) is 29.1 Å². The van der Waals surface area contributed by atoms with Crippen LogP contribution >= 0.6 is 0 Å². The van der Waals surface area contributed by atoms with Crippen LogP contribution in [0.1, 0.15) is 91.6 Å². The van der Waals surface area contributed by atoms with Crippen LogP contribution in [-0.2, 0) is 33.9 Å². The molecule has 4 aromatic rings. The zero-order chi connectivity index (χ0) is 38.3. The van der Waals surface area contributed by atoms with Crippen LogP contribution in [0.3, 0.4) is 0 Å². The minimum Gasteiger partial charge on any atom is -0.508 e. The highest BCUT2D eigenvalue weighted by atomic mass is 16.3. The van der Waals surface area contributed by atoms with E-state index in [0.29, 0.717) is 24.8 Å². The average Bonchev–Trinajstić information content (AvgIpc) is 3.87. The maximum Gasteiger partial charge on any atom is 0.262 e. The van der Waals surface area contributed by atoms with Gasteiger partial charge in [-0.2, -0.15) is 0 Å². The van der Waals surface area contributed by atoms with E-state index in [4.69, 9.17) is 0 Å². The summed E-state index contributed by atoms with van der Waals surface area (Å²) in [4.78, 5) is 71.7. The molecule has 3 atom stereocenters.